The van der Waals surface area contributed by atoms with E-state index >= 15 is 0 Å². The molecule has 5 rings (SSSR count). The molecule has 4 aromatic rings. The number of carbonyl (C=O) groups is 2. The van der Waals surface area contributed by atoms with Crippen LogP contribution in [-0.4, -0.2) is 67.7 Å². The molecule has 0 saturated carbocycles. The van der Waals surface area contributed by atoms with Gasteiger partial charge in [-0.1, -0.05) is 48.5 Å². The molecule has 47 heavy (non-hydrogen) atoms. The first-order chi connectivity index (χ1) is 22.5. The van der Waals surface area contributed by atoms with E-state index < -0.39 is 27.6 Å². The van der Waals surface area contributed by atoms with Crippen molar-refractivity contribution in [3.63, 3.8) is 0 Å². The van der Waals surface area contributed by atoms with Crippen molar-refractivity contribution in [3.8, 4) is 11.1 Å². The Morgan fingerprint density at radius 3 is 2.30 bits per heavy atom. The summed E-state index contributed by atoms with van der Waals surface area (Å²) in [6, 6.07) is 23.5. The van der Waals surface area contributed by atoms with Crippen LogP contribution in [0.3, 0.4) is 0 Å². The lowest BCUT2D eigenvalue weighted by molar-refractivity contribution is -0.111. The van der Waals surface area contributed by atoms with E-state index in [1.165, 1.54) is 30.1 Å². The van der Waals surface area contributed by atoms with Gasteiger partial charge in [0, 0.05) is 38.1 Å². The number of rotatable bonds is 10. The van der Waals surface area contributed by atoms with Gasteiger partial charge in [-0.2, -0.15) is 0 Å². The second-order valence-corrected chi connectivity index (χ2v) is 14.0. The second-order valence-electron chi connectivity index (χ2n) is 12.2. The maximum absolute atomic E-state index is 13.5. The monoisotopic (exact) mass is 656 g/mol. The molecule has 0 aliphatic carbocycles. The fourth-order valence-corrected chi connectivity index (χ4v) is 6.29. The number of carbonyl (C=O) groups excluding carboxylic acids is 2. The Labute approximate surface area is 276 Å². The van der Waals surface area contributed by atoms with Crippen molar-refractivity contribution in [1.82, 2.24) is 8.87 Å². The van der Waals surface area contributed by atoms with Crippen LogP contribution in [0.2, 0.25) is 0 Å². The Kier molecular flexibility index (Phi) is 10.6. The smallest absolute Gasteiger partial charge is 0.412 e. The third-order valence-corrected chi connectivity index (χ3v) is 9.09. The van der Waals surface area contributed by atoms with Gasteiger partial charge in [-0.15, -0.1) is 0 Å². The van der Waals surface area contributed by atoms with Gasteiger partial charge in [0.25, 0.3) is 10.0 Å². The predicted octanol–water partition coefficient (Wildman–Crippen LogP) is 6.27. The van der Waals surface area contributed by atoms with Crippen LogP contribution in [0, 0.1) is 0 Å². The van der Waals surface area contributed by atoms with Gasteiger partial charge in [-0.05, 0) is 85.9 Å². The van der Waals surface area contributed by atoms with E-state index in [-0.39, 0.29) is 4.90 Å². The van der Waals surface area contributed by atoms with Crippen LogP contribution < -0.4 is 10.6 Å². The highest BCUT2D eigenvalue weighted by atomic mass is 32.2. The van der Waals surface area contributed by atoms with Crippen LogP contribution in [0.15, 0.2) is 102 Å². The Balaban J connectivity index is 1.21. The third-order valence-electron chi connectivity index (χ3n) is 7.46. The fraction of sp³-hybridized carbons (Fsp3) is 0.278. The first-order valence-corrected chi connectivity index (χ1v) is 16.9. The number of anilines is 2. The quantitative estimate of drug-likeness (QED) is 0.193. The molecule has 1 aliphatic heterocycles. The average Bonchev–Trinajstić information content (AvgIpc) is 3.54. The second kappa shape index (κ2) is 14.8. The summed E-state index contributed by atoms with van der Waals surface area (Å²) in [6.07, 6.45) is 6.01. The van der Waals surface area contributed by atoms with Gasteiger partial charge in [0.2, 0.25) is 5.91 Å². The summed E-state index contributed by atoms with van der Waals surface area (Å²) in [7, 11) is -3.88. The number of morpholine rings is 1. The minimum Gasteiger partial charge on any atom is -0.444 e. The molecule has 0 unspecified atom stereocenters. The number of ether oxygens (including phenoxy) is 2. The summed E-state index contributed by atoms with van der Waals surface area (Å²) >= 11 is 0. The van der Waals surface area contributed by atoms with Crippen molar-refractivity contribution in [2.24, 2.45) is 0 Å². The van der Waals surface area contributed by atoms with Gasteiger partial charge >= 0.3 is 6.09 Å². The lowest BCUT2D eigenvalue weighted by Crippen LogP contribution is -2.37. The molecule has 2 N–H and O–H groups in total. The number of aromatic nitrogens is 1. The maximum Gasteiger partial charge on any atom is 0.412 e. The Morgan fingerprint density at radius 1 is 0.894 bits per heavy atom. The number of amides is 2. The number of benzene rings is 3. The van der Waals surface area contributed by atoms with E-state index in [2.05, 4.69) is 27.7 Å². The van der Waals surface area contributed by atoms with Crippen LogP contribution in [0.4, 0.5) is 16.2 Å². The van der Waals surface area contributed by atoms with Crippen molar-refractivity contribution < 1.29 is 27.5 Å². The summed E-state index contributed by atoms with van der Waals surface area (Å²) in [5.74, 6) is -0.459. The highest BCUT2D eigenvalue weighted by molar-refractivity contribution is 7.90. The molecule has 1 aromatic heterocycles. The highest BCUT2D eigenvalue weighted by Gasteiger charge is 2.19. The summed E-state index contributed by atoms with van der Waals surface area (Å²) in [5, 5.41) is 5.37. The van der Waals surface area contributed by atoms with Crippen LogP contribution in [0.5, 0.6) is 0 Å². The van der Waals surface area contributed by atoms with Gasteiger partial charge in [0.1, 0.15) is 5.60 Å². The normalized spacial score (nSPS) is 14.2. The first-order valence-electron chi connectivity index (χ1n) is 15.5. The summed E-state index contributed by atoms with van der Waals surface area (Å²) in [6.45, 7) is 9.74. The SMILES string of the molecule is CC(C)(C)OC(=O)Nc1ccccc1NC(=O)/C=C/c1ccn(S(=O)(=O)c2cccc(-c3ccc(CCN4CCOCC4)cc3)c2)c1. The fourth-order valence-electron chi connectivity index (χ4n) is 5.04. The topological polar surface area (TPSA) is 119 Å². The predicted molar refractivity (Wildman–Crippen MR) is 184 cm³/mol. The van der Waals surface area contributed by atoms with Crippen molar-refractivity contribution >= 4 is 39.5 Å². The van der Waals surface area contributed by atoms with E-state index in [1.807, 2.05) is 18.2 Å². The number of nitrogens with zero attached hydrogens (tertiary/aromatic N) is 2. The minimum atomic E-state index is -3.88. The molecule has 1 fully saturated rings. The molecule has 1 saturated heterocycles. The van der Waals surface area contributed by atoms with E-state index in [1.54, 1.807) is 69.3 Å². The molecular weight excluding hydrogens is 616 g/mol. The average molecular weight is 657 g/mol. The molecule has 2 amide bonds. The molecular formula is C36H40N4O6S. The van der Waals surface area contributed by atoms with Crippen molar-refractivity contribution in [3.05, 3.63) is 108 Å². The lowest BCUT2D eigenvalue weighted by Gasteiger charge is -2.26. The van der Waals surface area contributed by atoms with E-state index in [0.717, 1.165) is 54.4 Å². The van der Waals surface area contributed by atoms with E-state index in [4.69, 9.17) is 9.47 Å². The highest BCUT2D eigenvalue weighted by Crippen LogP contribution is 2.26. The zero-order valence-electron chi connectivity index (χ0n) is 26.8. The van der Waals surface area contributed by atoms with E-state index in [0.29, 0.717) is 16.9 Å². The Bertz CT molecular complexity index is 1840. The summed E-state index contributed by atoms with van der Waals surface area (Å²) in [5.41, 5.74) is 3.57. The standard InChI is InChI=1S/C36H40N4O6S/c1-36(2,3)46-35(42)38-33-10-5-4-9-32(33)37-34(41)16-13-28-18-20-40(26-28)47(43,44)31-8-6-7-30(25-31)29-14-11-27(12-15-29)17-19-39-21-23-45-24-22-39/h4-16,18,20,25-26H,17,19,21-24H2,1-3H3,(H,37,41)(H,38,42)/b16-13+. The van der Waals surface area contributed by atoms with Gasteiger partial charge < -0.3 is 14.8 Å². The van der Waals surface area contributed by atoms with Gasteiger partial charge in [0.15, 0.2) is 0 Å². The molecule has 0 bridgehead atoms. The van der Waals surface area contributed by atoms with Gasteiger partial charge in [-0.25, -0.2) is 17.2 Å². The number of hydrogen-bond acceptors (Lipinski definition) is 7. The van der Waals surface area contributed by atoms with Crippen molar-refractivity contribution in [2.45, 2.75) is 37.7 Å². The molecule has 10 nitrogen and oxygen atoms in total. The molecule has 2 heterocycles. The molecule has 1 aliphatic rings. The Hall–Kier alpha value is -4.71. The zero-order valence-corrected chi connectivity index (χ0v) is 27.6. The number of hydrogen-bond donors (Lipinski definition) is 2. The molecule has 0 atom stereocenters. The largest absolute Gasteiger partial charge is 0.444 e. The van der Waals surface area contributed by atoms with Crippen LogP contribution >= 0.6 is 0 Å². The zero-order chi connectivity index (χ0) is 33.4. The van der Waals surface area contributed by atoms with Crippen molar-refractivity contribution in [1.29, 1.82) is 0 Å². The third kappa shape index (κ3) is 9.41. The molecule has 3 aromatic carbocycles. The summed E-state index contributed by atoms with van der Waals surface area (Å²) < 4.78 is 38.9. The van der Waals surface area contributed by atoms with Crippen LogP contribution in [0.25, 0.3) is 17.2 Å². The van der Waals surface area contributed by atoms with Crippen LogP contribution in [-0.2, 0) is 30.7 Å². The lowest BCUT2D eigenvalue weighted by atomic mass is 10.0. The van der Waals surface area contributed by atoms with Gasteiger partial charge in [-0.3, -0.25) is 15.0 Å². The maximum atomic E-state index is 13.5. The number of nitrogens with one attached hydrogen (secondary N) is 2. The first kappa shape index (κ1) is 33.6. The van der Waals surface area contributed by atoms with Gasteiger partial charge in [0.05, 0.1) is 29.5 Å². The minimum absolute atomic E-state index is 0.157. The molecule has 0 spiro atoms. The van der Waals surface area contributed by atoms with Crippen molar-refractivity contribution in [2.75, 3.05) is 43.5 Å². The summed E-state index contributed by atoms with van der Waals surface area (Å²) in [4.78, 5) is 27.5. The molecule has 246 valence electrons. The molecule has 0 radical (unpaired) electrons. The van der Waals surface area contributed by atoms with Crippen LogP contribution in [0.1, 0.15) is 31.9 Å². The Morgan fingerprint density at radius 2 is 1.60 bits per heavy atom. The number of para-hydroxylation sites is 2. The molecule has 11 heteroatoms. The van der Waals surface area contributed by atoms with E-state index in [9.17, 15) is 18.0 Å².